The van der Waals surface area contributed by atoms with Gasteiger partial charge in [0.2, 0.25) is 10.0 Å². The van der Waals surface area contributed by atoms with Gasteiger partial charge in [-0.05, 0) is 61.6 Å². The molecule has 0 aliphatic heterocycles. The lowest BCUT2D eigenvalue weighted by Crippen LogP contribution is -2.40. The maximum atomic E-state index is 12.5. The number of nitrogens with two attached hydrogens (primary N) is 1. The highest BCUT2D eigenvalue weighted by Gasteiger charge is 2.42. The zero-order valence-corrected chi connectivity index (χ0v) is 13.3. The summed E-state index contributed by atoms with van der Waals surface area (Å²) < 4.78 is 27.8. The zero-order chi connectivity index (χ0) is 15.0. The van der Waals surface area contributed by atoms with Gasteiger partial charge in [-0.2, -0.15) is 0 Å². The van der Waals surface area contributed by atoms with Gasteiger partial charge >= 0.3 is 0 Å². The molecule has 1 aromatic rings. The Morgan fingerprint density at radius 1 is 1.24 bits per heavy atom. The molecule has 4 nitrogen and oxygen atoms in total. The van der Waals surface area contributed by atoms with Crippen LogP contribution in [0.5, 0.6) is 0 Å². The third kappa shape index (κ3) is 3.00. The number of benzene rings is 1. The van der Waals surface area contributed by atoms with Crippen LogP contribution in [0.15, 0.2) is 29.2 Å². The summed E-state index contributed by atoms with van der Waals surface area (Å²) in [5.74, 6) is 2.05. The summed E-state index contributed by atoms with van der Waals surface area (Å²) in [6, 6.07) is 6.84. The van der Waals surface area contributed by atoms with E-state index in [1.165, 1.54) is 25.7 Å². The van der Waals surface area contributed by atoms with E-state index in [1.807, 2.05) is 6.92 Å². The maximum absolute atomic E-state index is 12.5. The SMILES string of the molecule is CC(NS(=O)(=O)c1ccc(CN)cc1)C1CC2CCC1C2. The van der Waals surface area contributed by atoms with Crippen LogP contribution in [-0.4, -0.2) is 14.5 Å². The van der Waals surface area contributed by atoms with Crippen LogP contribution >= 0.6 is 0 Å². The summed E-state index contributed by atoms with van der Waals surface area (Å²) in [6.07, 6.45) is 5.08. The molecule has 2 aliphatic carbocycles. The van der Waals surface area contributed by atoms with Crippen molar-refractivity contribution in [2.24, 2.45) is 23.5 Å². The first-order valence-electron chi connectivity index (χ1n) is 7.81. The molecular formula is C16H24N2O2S. The van der Waals surface area contributed by atoms with Crippen LogP contribution in [0.2, 0.25) is 0 Å². The fourth-order valence-electron chi connectivity index (χ4n) is 4.11. The van der Waals surface area contributed by atoms with Gasteiger partial charge in [0.1, 0.15) is 0 Å². The van der Waals surface area contributed by atoms with Crippen molar-refractivity contribution in [3.05, 3.63) is 29.8 Å². The minimum atomic E-state index is -3.43. The van der Waals surface area contributed by atoms with Crippen LogP contribution in [0, 0.1) is 17.8 Å². The molecule has 3 N–H and O–H groups in total. The van der Waals surface area contributed by atoms with Crippen molar-refractivity contribution in [3.63, 3.8) is 0 Å². The molecule has 3 rings (SSSR count). The average Bonchev–Trinajstić information content (AvgIpc) is 3.09. The second kappa shape index (κ2) is 5.71. The van der Waals surface area contributed by atoms with E-state index in [9.17, 15) is 8.42 Å². The third-order valence-electron chi connectivity index (χ3n) is 5.25. The fourth-order valence-corrected chi connectivity index (χ4v) is 5.41. The molecule has 0 saturated heterocycles. The zero-order valence-electron chi connectivity index (χ0n) is 12.5. The summed E-state index contributed by atoms with van der Waals surface area (Å²) in [5, 5.41) is 0. The van der Waals surface area contributed by atoms with Gasteiger partial charge in [0, 0.05) is 12.6 Å². The monoisotopic (exact) mass is 308 g/mol. The van der Waals surface area contributed by atoms with E-state index in [0.717, 1.165) is 11.5 Å². The molecule has 0 amide bonds. The quantitative estimate of drug-likeness (QED) is 0.876. The van der Waals surface area contributed by atoms with E-state index in [1.54, 1.807) is 24.3 Å². The van der Waals surface area contributed by atoms with E-state index < -0.39 is 10.0 Å². The molecule has 2 saturated carbocycles. The van der Waals surface area contributed by atoms with Crippen LogP contribution in [0.25, 0.3) is 0 Å². The van der Waals surface area contributed by atoms with Crippen molar-refractivity contribution >= 4 is 10.0 Å². The Morgan fingerprint density at radius 2 is 1.95 bits per heavy atom. The van der Waals surface area contributed by atoms with Crippen LogP contribution in [0.1, 0.15) is 38.2 Å². The Balaban J connectivity index is 1.70. The second-order valence-electron chi connectivity index (χ2n) is 6.60. The molecule has 0 radical (unpaired) electrons. The number of hydrogen-bond donors (Lipinski definition) is 2. The van der Waals surface area contributed by atoms with Crippen LogP contribution in [-0.2, 0) is 16.6 Å². The molecule has 5 heteroatoms. The van der Waals surface area contributed by atoms with Gasteiger partial charge in [0.05, 0.1) is 4.90 Å². The Labute approximate surface area is 127 Å². The molecule has 4 unspecified atom stereocenters. The van der Waals surface area contributed by atoms with E-state index in [4.69, 9.17) is 5.73 Å². The minimum Gasteiger partial charge on any atom is -0.326 e. The van der Waals surface area contributed by atoms with E-state index >= 15 is 0 Å². The summed E-state index contributed by atoms with van der Waals surface area (Å²) in [5.41, 5.74) is 6.48. The molecule has 0 spiro atoms. The van der Waals surface area contributed by atoms with Crippen molar-refractivity contribution < 1.29 is 8.42 Å². The average molecular weight is 308 g/mol. The lowest BCUT2D eigenvalue weighted by molar-refractivity contribution is 0.280. The third-order valence-corrected chi connectivity index (χ3v) is 6.82. The van der Waals surface area contributed by atoms with Crippen molar-refractivity contribution in [2.45, 2.75) is 50.1 Å². The van der Waals surface area contributed by atoms with E-state index in [-0.39, 0.29) is 6.04 Å². The number of nitrogens with one attached hydrogen (secondary N) is 1. The normalized spacial score (nSPS) is 29.7. The molecule has 21 heavy (non-hydrogen) atoms. The predicted octanol–water partition coefficient (Wildman–Crippen LogP) is 2.25. The maximum Gasteiger partial charge on any atom is 0.240 e. The number of rotatable bonds is 5. The minimum absolute atomic E-state index is 0.0134. The molecule has 2 fully saturated rings. The van der Waals surface area contributed by atoms with Crippen molar-refractivity contribution in [1.29, 1.82) is 0 Å². The second-order valence-corrected chi connectivity index (χ2v) is 8.31. The first-order chi connectivity index (χ1) is 9.99. The lowest BCUT2D eigenvalue weighted by atomic mass is 9.84. The molecule has 0 aromatic heterocycles. The highest BCUT2D eigenvalue weighted by atomic mass is 32.2. The Morgan fingerprint density at radius 3 is 2.48 bits per heavy atom. The molecule has 2 aliphatic rings. The fraction of sp³-hybridized carbons (Fsp3) is 0.625. The van der Waals surface area contributed by atoms with Crippen molar-refractivity contribution in [2.75, 3.05) is 0 Å². The van der Waals surface area contributed by atoms with Crippen LogP contribution < -0.4 is 10.5 Å². The molecule has 1 aromatic carbocycles. The highest BCUT2D eigenvalue weighted by molar-refractivity contribution is 7.89. The summed E-state index contributed by atoms with van der Waals surface area (Å²) in [6.45, 7) is 2.44. The Bertz CT molecular complexity index is 597. The summed E-state index contributed by atoms with van der Waals surface area (Å²) in [4.78, 5) is 0.328. The van der Waals surface area contributed by atoms with Gasteiger partial charge in [-0.1, -0.05) is 18.6 Å². The molecule has 0 heterocycles. The topological polar surface area (TPSA) is 72.2 Å². The Kier molecular flexibility index (Phi) is 4.08. The number of sulfonamides is 1. The van der Waals surface area contributed by atoms with E-state index in [0.29, 0.717) is 23.3 Å². The van der Waals surface area contributed by atoms with Gasteiger partial charge in [-0.3, -0.25) is 0 Å². The van der Waals surface area contributed by atoms with Crippen LogP contribution in [0.3, 0.4) is 0 Å². The highest BCUT2D eigenvalue weighted by Crippen LogP contribution is 2.49. The first kappa shape index (κ1) is 15.0. The van der Waals surface area contributed by atoms with Gasteiger partial charge < -0.3 is 5.73 Å². The lowest BCUT2D eigenvalue weighted by Gasteiger charge is -2.28. The summed E-state index contributed by atoms with van der Waals surface area (Å²) >= 11 is 0. The van der Waals surface area contributed by atoms with Gasteiger partial charge in [-0.15, -0.1) is 0 Å². The van der Waals surface area contributed by atoms with Crippen molar-refractivity contribution in [1.82, 2.24) is 4.72 Å². The van der Waals surface area contributed by atoms with E-state index in [2.05, 4.69) is 4.72 Å². The molecule has 116 valence electrons. The molecule has 2 bridgehead atoms. The molecule has 4 atom stereocenters. The molecular weight excluding hydrogens is 284 g/mol. The number of hydrogen-bond acceptors (Lipinski definition) is 3. The predicted molar refractivity (Wildman–Crippen MR) is 83.1 cm³/mol. The Hall–Kier alpha value is -0.910. The number of fused-ring (bicyclic) bond motifs is 2. The summed E-state index contributed by atoms with van der Waals surface area (Å²) in [7, 11) is -3.43. The van der Waals surface area contributed by atoms with Crippen LogP contribution in [0.4, 0.5) is 0 Å². The first-order valence-corrected chi connectivity index (χ1v) is 9.29. The van der Waals surface area contributed by atoms with Gasteiger partial charge in [-0.25, -0.2) is 13.1 Å². The standard InChI is InChI=1S/C16H24N2O2S/c1-11(16-9-13-2-5-14(16)8-13)18-21(19,20)15-6-3-12(10-17)4-7-15/h3-4,6-7,11,13-14,16,18H,2,5,8-10,17H2,1H3. The van der Waals surface area contributed by atoms with Gasteiger partial charge in [0.15, 0.2) is 0 Å². The van der Waals surface area contributed by atoms with Crippen molar-refractivity contribution in [3.8, 4) is 0 Å². The largest absolute Gasteiger partial charge is 0.326 e. The van der Waals surface area contributed by atoms with Gasteiger partial charge in [0.25, 0.3) is 0 Å². The smallest absolute Gasteiger partial charge is 0.240 e.